The second-order valence-electron chi connectivity index (χ2n) is 11.3. The van der Waals surface area contributed by atoms with Gasteiger partial charge in [0, 0.05) is 32.6 Å². The molecule has 9 atom stereocenters. The third kappa shape index (κ3) is 3.65. The van der Waals surface area contributed by atoms with Gasteiger partial charge in [-0.3, -0.25) is 24.0 Å². The summed E-state index contributed by atoms with van der Waals surface area (Å²) in [7, 11) is 0. The minimum Gasteiger partial charge on any atom is -0.461 e. The lowest BCUT2D eigenvalue weighted by atomic mass is 9.80. The molecule has 0 N–H and O–H groups in total. The summed E-state index contributed by atoms with van der Waals surface area (Å²) in [5.74, 6) is -4.17. The SMILES string of the molecule is CC(=O)OC1C(=O)C(C)=CC23OC2(CC(C)C3OC(C)=O)C(=O)C(C)C(OC(C)=O)C2C1C2(C)C. The molecule has 1 heterocycles. The van der Waals surface area contributed by atoms with Gasteiger partial charge < -0.3 is 18.9 Å². The predicted molar refractivity (Wildman–Crippen MR) is 121 cm³/mol. The molecule has 4 rings (SSSR count). The van der Waals surface area contributed by atoms with Crippen LogP contribution in [-0.4, -0.2) is 59.0 Å². The summed E-state index contributed by atoms with van der Waals surface area (Å²) in [5, 5.41) is 0. The van der Waals surface area contributed by atoms with E-state index in [-0.39, 0.29) is 17.3 Å². The molecule has 1 aliphatic heterocycles. The largest absolute Gasteiger partial charge is 0.461 e. The first-order valence-electron chi connectivity index (χ1n) is 12.1. The number of ether oxygens (including phenoxy) is 4. The van der Waals surface area contributed by atoms with E-state index < -0.39 is 76.4 Å². The van der Waals surface area contributed by atoms with E-state index in [2.05, 4.69) is 0 Å². The zero-order valence-electron chi connectivity index (χ0n) is 21.5. The quantitative estimate of drug-likeness (QED) is 0.333. The van der Waals surface area contributed by atoms with Crippen molar-refractivity contribution in [1.82, 2.24) is 0 Å². The van der Waals surface area contributed by atoms with Crippen molar-refractivity contribution in [3.05, 3.63) is 11.6 Å². The molecule has 35 heavy (non-hydrogen) atoms. The van der Waals surface area contributed by atoms with E-state index in [1.807, 2.05) is 20.8 Å². The Bertz CT molecular complexity index is 1040. The Morgan fingerprint density at radius 1 is 0.943 bits per heavy atom. The van der Waals surface area contributed by atoms with E-state index >= 15 is 0 Å². The summed E-state index contributed by atoms with van der Waals surface area (Å²) in [4.78, 5) is 63.7. The number of esters is 3. The highest BCUT2D eigenvalue weighted by molar-refractivity contribution is 6.02. The second kappa shape index (κ2) is 7.98. The van der Waals surface area contributed by atoms with Crippen molar-refractivity contribution in [1.29, 1.82) is 0 Å². The van der Waals surface area contributed by atoms with Gasteiger partial charge in [0.15, 0.2) is 28.9 Å². The minimum atomic E-state index is -1.31. The van der Waals surface area contributed by atoms with Crippen LogP contribution in [-0.2, 0) is 42.9 Å². The molecule has 0 aromatic carbocycles. The van der Waals surface area contributed by atoms with Gasteiger partial charge in [-0.25, -0.2) is 0 Å². The molecule has 4 aliphatic rings. The fourth-order valence-electron chi connectivity index (χ4n) is 6.89. The molecular weight excluding hydrogens is 456 g/mol. The topological polar surface area (TPSA) is 126 Å². The first-order chi connectivity index (χ1) is 16.1. The minimum absolute atomic E-state index is 0.215. The van der Waals surface area contributed by atoms with Crippen LogP contribution in [0.3, 0.4) is 0 Å². The average molecular weight is 491 g/mol. The van der Waals surface area contributed by atoms with Gasteiger partial charge in [0.1, 0.15) is 12.2 Å². The van der Waals surface area contributed by atoms with Crippen molar-refractivity contribution >= 4 is 29.5 Å². The zero-order chi connectivity index (χ0) is 26.2. The van der Waals surface area contributed by atoms with Crippen molar-refractivity contribution in [2.24, 2.45) is 29.1 Å². The number of ketones is 2. The average Bonchev–Trinajstić information content (AvgIpc) is 3.52. The van der Waals surface area contributed by atoms with E-state index in [9.17, 15) is 24.0 Å². The Hall–Kier alpha value is -2.55. The highest BCUT2D eigenvalue weighted by Crippen LogP contribution is 2.68. The lowest BCUT2D eigenvalue weighted by Crippen LogP contribution is -2.43. The number of Topliss-reactive ketones (excluding diaryl/α,β-unsaturated/α-hetero) is 2. The van der Waals surface area contributed by atoms with Crippen LogP contribution in [0.25, 0.3) is 0 Å². The third-order valence-electron chi connectivity index (χ3n) is 8.43. The van der Waals surface area contributed by atoms with Crippen molar-refractivity contribution in [3.63, 3.8) is 0 Å². The maximum Gasteiger partial charge on any atom is 0.303 e. The van der Waals surface area contributed by atoms with Crippen molar-refractivity contribution < 1.29 is 42.9 Å². The van der Waals surface area contributed by atoms with Crippen LogP contribution in [0.5, 0.6) is 0 Å². The Balaban J connectivity index is 1.88. The number of rotatable bonds is 3. The van der Waals surface area contributed by atoms with Crippen LogP contribution >= 0.6 is 0 Å². The van der Waals surface area contributed by atoms with Gasteiger partial charge in [-0.1, -0.05) is 27.7 Å². The molecular formula is C26H34O9. The molecule has 0 radical (unpaired) electrons. The summed E-state index contributed by atoms with van der Waals surface area (Å²) in [6.07, 6.45) is -0.861. The highest BCUT2D eigenvalue weighted by atomic mass is 16.7. The fraction of sp³-hybridized carbons (Fsp3) is 0.731. The van der Waals surface area contributed by atoms with Crippen molar-refractivity contribution in [2.45, 2.75) is 91.3 Å². The van der Waals surface area contributed by atoms with E-state index in [0.717, 1.165) is 0 Å². The Kier molecular flexibility index (Phi) is 5.82. The number of carbonyl (C=O) groups excluding carboxylic acids is 5. The van der Waals surface area contributed by atoms with Crippen LogP contribution in [0.2, 0.25) is 0 Å². The maximum absolute atomic E-state index is 14.1. The molecule has 1 saturated heterocycles. The van der Waals surface area contributed by atoms with Crippen molar-refractivity contribution in [2.75, 3.05) is 0 Å². The molecule has 9 unspecified atom stereocenters. The van der Waals surface area contributed by atoms with E-state index in [1.165, 1.54) is 20.8 Å². The van der Waals surface area contributed by atoms with E-state index in [0.29, 0.717) is 6.42 Å². The monoisotopic (exact) mass is 490 g/mol. The van der Waals surface area contributed by atoms with Crippen LogP contribution in [0, 0.1) is 29.1 Å². The number of epoxide rings is 1. The Labute approximate surface area is 204 Å². The zero-order valence-corrected chi connectivity index (χ0v) is 21.5. The lowest BCUT2D eigenvalue weighted by molar-refractivity contribution is -0.157. The normalized spacial score (nSPS) is 43.4. The van der Waals surface area contributed by atoms with E-state index in [4.69, 9.17) is 18.9 Å². The van der Waals surface area contributed by atoms with Crippen molar-refractivity contribution in [3.8, 4) is 0 Å². The van der Waals surface area contributed by atoms with Gasteiger partial charge in [0.25, 0.3) is 0 Å². The first-order valence-corrected chi connectivity index (χ1v) is 12.1. The van der Waals surface area contributed by atoms with Gasteiger partial charge in [0.2, 0.25) is 0 Å². The van der Waals surface area contributed by atoms with Gasteiger partial charge in [-0.15, -0.1) is 0 Å². The van der Waals surface area contributed by atoms with Crippen LogP contribution in [0.15, 0.2) is 11.6 Å². The molecule has 0 aromatic rings. The molecule has 192 valence electrons. The Morgan fingerprint density at radius 2 is 1.51 bits per heavy atom. The molecule has 9 heteroatoms. The molecule has 3 aliphatic carbocycles. The fourth-order valence-corrected chi connectivity index (χ4v) is 6.89. The smallest absolute Gasteiger partial charge is 0.303 e. The summed E-state index contributed by atoms with van der Waals surface area (Å²) in [6.45, 7) is 12.8. The first kappa shape index (κ1) is 25.5. The molecule has 0 amide bonds. The molecule has 2 saturated carbocycles. The summed E-state index contributed by atoms with van der Waals surface area (Å²) in [5.41, 5.74) is -2.89. The summed E-state index contributed by atoms with van der Waals surface area (Å²) in [6, 6.07) is 0. The highest BCUT2D eigenvalue weighted by Gasteiger charge is 2.84. The molecule has 0 spiro atoms. The summed E-state index contributed by atoms with van der Waals surface area (Å²) < 4.78 is 23.0. The number of fused-ring (bicyclic) bond motifs is 1. The standard InChI is InChI=1S/C26H34O9/c1-11-9-26-23(34-16(6)29)12(2)10-25(26,35-26)22(31)13(3)20(32-14(4)27)17-18(24(17,7)8)21(19(11)30)33-15(5)28/h9,12-13,17-18,20-21,23H,10H2,1-8H3. The van der Waals surface area contributed by atoms with Gasteiger partial charge in [-0.05, 0) is 36.3 Å². The summed E-state index contributed by atoms with van der Waals surface area (Å²) >= 11 is 0. The van der Waals surface area contributed by atoms with Crippen LogP contribution < -0.4 is 0 Å². The lowest BCUT2D eigenvalue weighted by Gasteiger charge is -2.26. The van der Waals surface area contributed by atoms with Crippen LogP contribution in [0.4, 0.5) is 0 Å². The van der Waals surface area contributed by atoms with Gasteiger partial charge in [-0.2, -0.15) is 0 Å². The maximum atomic E-state index is 14.1. The second-order valence-corrected chi connectivity index (χ2v) is 11.3. The molecule has 9 nitrogen and oxygen atoms in total. The molecule has 0 aromatic heterocycles. The molecule has 3 fully saturated rings. The number of hydrogen-bond acceptors (Lipinski definition) is 9. The third-order valence-corrected chi connectivity index (χ3v) is 8.43. The predicted octanol–water partition coefficient (Wildman–Crippen LogP) is 2.34. The number of hydrogen-bond donors (Lipinski definition) is 0. The van der Waals surface area contributed by atoms with E-state index in [1.54, 1.807) is 19.9 Å². The Morgan fingerprint density at radius 3 is 2.06 bits per heavy atom. The number of carbonyl (C=O) groups is 5. The van der Waals surface area contributed by atoms with Gasteiger partial charge >= 0.3 is 17.9 Å². The van der Waals surface area contributed by atoms with Gasteiger partial charge in [0.05, 0.1) is 5.92 Å². The van der Waals surface area contributed by atoms with Crippen LogP contribution in [0.1, 0.15) is 61.8 Å². The molecule has 0 bridgehead atoms.